The van der Waals surface area contributed by atoms with Gasteiger partial charge in [-0.25, -0.2) is 19.3 Å². The van der Waals surface area contributed by atoms with Crippen LogP contribution in [-0.4, -0.2) is 62.8 Å². The highest BCUT2D eigenvalue weighted by molar-refractivity contribution is 6.01. The number of anilines is 1. The van der Waals surface area contributed by atoms with E-state index in [0.717, 1.165) is 19.5 Å². The molecule has 1 aliphatic heterocycles. The topological polar surface area (TPSA) is 98.1 Å². The number of benzene rings is 1. The number of pyridine rings is 1. The third kappa shape index (κ3) is 3.44. The quantitative estimate of drug-likeness (QED) is 0.476. The summed E-state index contributed by atoms with van der Waals surface area (Å²) in [4.78, 5) is 29.0. The largest absolute Gasteiger partial charge is 0.493 e. The number of hydrogen-bond donors (Lipinski definition) is 1. The number of fused-ring (bicyclic) bond motifs is 2. The van der Waals surface area contributed by atoms with Gasteiger partial charge in [0.15, 0.2) is 11.6 Å². The predicted molar refractivity (Wildman–Crippen MR) is 128 cm³/mol. The fourth-order valence-corrected chi connectivity index (χ4v) is 5.24. The van der Waals surface area contributed by atoms with Gasteiger partial charge < -0.3 is 15.0 Å². The number of hydrogen-bond acceptors (Lipinski definition) is 7. The van der Waals surface area contributed by atoms with Crippen molar-refractivity contribution in [2.75, 3.05) is 32.6 Å². The first-order chi connectivity index (χ1) is 16.9. The molecule has 9 nitrogen and oxygen atoms in total. The standard InChI is InChI=1S/C25H24FN7O2/c1-32-10-14-9-25(14,12-32)24(34)30-23-19(35-3)8-18-22(29-23)21(28-13-27-18)16-11-33(2)31-20(16)15-6-4-5-7-17(15)26/h4-8,11,13-14H,9-10,12H2,1-3H3,(H,29,30,34). The molecule has 0 bridgehead atoms. The van der Waals surface area contributed by atoms with E-state index in [-0.39, 0.29) is 17.1 Å². The van der Waals surface area contributed by atoms with Crippen LogP contribution in [0, 0.1) is 17.2 Å². The Morgan fingerprint density at radius 3 is 2.77 bits per heavy atom. The van der Waals surface area contributed by atoms with E-state index in [1.807, 2.05) is 7.05 Å². The summed E-state index contributed by atoms with van der Waals surface area (Å²) >= 11 is 0. The summed E-state index contributed by atoms with van der Waals surface area (Å²) in [5.41, 5.74) is 2.54. The number of rotatable bonds is 5. The maximum Gasteiger partial charge on any atom is 0.233 e. The van der Waals surface area contributed by atoms with Crippen LogP contribution in [0.15, 0.2) is 42.9 Å². The Hall–Kier alpha value is -3.92. The third-order valence-electron chi connectivity index (χ3n) is 7.01. The van der Waals surface area contributed by atoms with E-state index in [2.05, 4.69) is 25.3 Å². The van der Waals surface area contributed by atoms with E-state index in [0.29, 0.717) is 51.0 Å². The van der Waals surface area contributed by atoms with Crippen LogP contribution < -0.4 is 10.1 Å². The molecule has 1 amide bonds. The minimum atomic E-state index is -0.381. The smallest absolute Gasteiger partial charge is 0.233 e. The van der Waals surface area contributed by atoms with Crippen molar-refractivity contribution in [3.63, 3.8) is 0 Å². The normalized spacial score (nSPS) is 21.2. The lowest BCUT2D eigenvalue weighted by atomic mass is 10.0. The molecule has 178 valence electrons. The fourth-order valence-electron chi connectivity index (χ4n) is 5.24. The summed E-state index contributed by atoms with van der Waals surface area (Å²) in [7, 11) is 5.32. The van der Waals surface area contributed by atoms with E-state index in [1.165, 1.54) is 19.5 Å². The SMILES string of the molecule is COc1cc2ncnc(-c3cn(C)nc3-c3ccccc3F)c2nc1NC(=O)C12CC1CN(C)C2. The molecule has 4 aromatic rings. The number of piperidine rings is 1. The highest BCUT2D eigenvalue weighted by atomic mass is 19.1. The molecule has 2 fully saturated rings. The minimum Gasteiger partial charge on any atom is -0.493 e. The first-order valence-electron chi connectivity index (χ1n) is 11.4. The number of aromatic nitrogens is 5. The number of aryl methyl sites for hydroxylation is 1. The molecule has 10 heteroatoms. The van der Waals surface area contributed by atoms with Gasteiger partial charge in [-0.15, -0.1) is 0 Å². The van der Waals surface area contributed by atoms with Crippen molar-refractivity contribution < 1.29 is 13.9 Å². The second-order valence-electron chi connectivity index (χ2n) is 9.38. The van der Waals surface area contributed by atoms with Crippen LogP contribution in [0.2, 0.25) is 0 Å². The van der Waals surface area contributed by atoms with Crippen LogP contribution >= 0.6 is 0 Å². The Labute approximate surface area is 201 Å². The average molecular weight is 474 g/mol. The molecule has 1 N–H and O–H groups in total. The van der Waals surface area contributed by atoms with Gasteiger partial charge in [0, 0.05) is 43.5 Å². The lowest BCUT2D eigenvalue weighted by molar-refractivity contribution is -0.121. The van der Waals surface area contributed by atoms with Gasteiger partial charge in [-0.1, -0.05) is 12.1 Å². The number of methoxy groups -OCH3 is 1. The van der Waals surface area contributed by atoms with Crippen molar-refractivity contribution in [2.45, 2.75) is 6.42 Å². The number of likely N-dealkylation sites (tertiary alicyclic amines) is 1. The maximum absolute atomic E-state index is 14.7. The van der Waals surface area contributed by atoms with Gasteiger partial charge in [-0.2, -0.15) is 5.10 Å². The van der Waals surface area contributed by atoms with Crippen LogP contribution in [0.25, 0.3) is 33.5 Å². The summed E-state index contributed by atoms with van der Waals surface area (Å²) in [6, 6.07) is 8.20. The first kappa shape index (κ1) is 21.6. The van der Waals surface area contributed by atoms with E-state index >= 15 is 0 Å². The van der Waals surface area contributed by atoms with E-state index in [1.54, 1.807) is 42.2 Å². The van der Waals surface area contributed by atoms with Gasteiger partial charge in [0.25, 0.3) is 0 Å². The van der Waals surface area contributed by atoms with Gasteiger partial charge in [0.1, 0.15) is 29.0 Å². The molecule has 1 aliphatic carbocycles. The fraction of sp³-hybridized carbons (Fsp3) is 0.320. The molecule has 2 aliphatic rings. The number of nitrogens with zero attached hydrogens (tertiary/aromatic N) is 6. The van der Waals surface area contributed by atoms with Crippen molar-refractivity contribution in [2.24, 2.45) is 18.4 Å². The van der Waals surface area contributed by atoms with E-state index in [4.69, 9.17) is 9.72 Å². The third-order valence-corrected chi connectivity index (χ3v) is 7.01. The highest BCUT2D eigenvalue weighted by Gasteiger charge is 2.64. The Morgan fingerprint density at radius 1 is 1.20 bits per heavy atom. The molecule has 1 aromatic carbocycles. The molecule has 1 saturated carbocycles. The second-order valence-corrected chi connectivity index (χ2v) is 9.38. The molecule has 0 spiro atoms. The van der Waals surface area contributed by atoms with Gasteiger partial charge in [-0.3, -0.25) is 9.48 Å². The molecule has 0 radical (unpaired) electrons. The van der Waals surface area contributed by atoms with Gasteiger partial charge in [0.05, 0.1) is 18.0 Å². The second kappa shape index (κ2) is 7.81. The molecule has 6 rings (SSSR count). The van der Waals surface area contributed by atoms with Crippen LogP contribution in [0.3, 0.4) is 0 Å². The van der Waals surface area contributed by atoms with Crippen molar-refractivity contribution in [1.29, 1.82) is 0 Å². The summed E-state index contributed by atoms with van der Waals surface area (Å²) in [5, 5.41) is 7.49. The molecule has 4 heterocycles. The number of carbonyl (C=O) groups excluding carboxylic acids is 1. The minimum absolute atomic E-state index is 0.0520. The molecule has 3 aromatic heterocycles. The molecule has 1 saturated heterocycles. The maximum atomic E-state index is 14.7. The van der Waals surface area contributed by atoms with E-state index < -0.39 is 0 Å². The van der Waals surface area contributed by atoms with Crippen LogP contribution in [-0.2, 0) is 11.8 Å². The number of ether oxygens (including phenoxy) is 1. The highest BCUT2D eigenvalue weighted by Crippen LogP contribution is 2.58. The van der Waals surface area contributed by atoms with Gasteiger partial charge in [0.2, 0.25) is 5.91 Å². The first-order valence-corrected chi connectivity index (χ1v) is 11.4. The molecule has 2 atom stereocenters. The van der Waals surface area contributed by atoms with Crippen LogP contribution in [0.5, 0.6) is 5.75 Å². The number of amides is 1. The number of nitrogens with one attached hydrogen (secondary N) is 1. The molecular formula is C25H24FN7O2. The molecule has 2 unspecified atom stereocenters. The summed E-state index contributed by atoms with van der Waals surface area (Å²) in [6.45, 7) is 1.66. The monoisotopic (exact) mass is 473 g/mol. The average Bonchev–Trinajstić information content (AvgIpc) is 3.21. The van der Waals surface area contributed by atoms with Gasteiger partial charge in [-0.05, 0) is 31.5 Å². The van der Waals surface area contributed by atoms with Crippen molar-refractivity contribution in [1.82, 2.24) is 29.6 Å². The summed E-state index contributed by atoms with van der Waals surface area (Å²) in [6.07, 6.45) is 4.09. The summed E-state index contributed by atoms with van der Waals surface area (Å²) in [5.74, 6) is 0.663. The number of carbonyl (C=O) groups is 1. The van der Waals surface area contributed by atoms with Crippen molar-refractivity contribution in [3.05, 3.63) is 48.7 Å². The zero-order valence-corrected chi connectivity index (χ0v) is 19.6. The molecular weight excluding hydrogens is 449 g/mol. The van der Waals surface area contributed by atoms with Crippen LogP contribution in [0.4, 0.5) is 10.2 Å². The van der Waals surface area contributed by atoms with E-state index in [9.17, 15) is 9.18 Å². The molecule has 35 heavy (non-hydrogen) atoms. The van der Waals surface area contributed by atoms with Crippen molar-refractivity contribution in [3.8, 4) is 28.3 Å². The Bertz CT molecular complexity index is 1490. The number of halogens is 1. The van der Waals surface area contributed by atoms with Crippen LogP contribution in [0.1, 0.15) is 6.42 Å². The van der Waals surface area contributed by atoms with Crippen molar-refractivity contribution >= 4 is 22.8 Å². The Kier molecular flexibility index (Phi) is 4.82. The lowest BCUT2D eigenvalue weighted by Gasteiger charge is -2.17. The Morgan fingerprint density at radius 2 is 2.03 bits per heavy atom. The van der Waals surface area contributed by atoms with Gasteiger partial charge >= 0.3 is 0 Å². The summed E-state index contributed by atoms with van der Waals surface area (Å²) < 4.78 is 21.8. The predicted octanol–water partition coefficient (Wildman–Crippen LogP) is 3.13. The zero-order chi connectivity index (χ0) is 24.3. The lowest BCUT2D eigenvalue weighted by Crippen LogP contribution is -2.31. The Balaban J connectivity index is 1.46. The zero-order valence-electron chi connectivity index (χ0n) is 19.6.